The van der Waals surface area contributed by atoms with Gasteiger partial charge in [-0.15, -0.1) is 4.98 Å². The van der Waals surface area contributed by atoms with E-state index in [9.17, 15) is 0 Å². The topological polar surface area (TPSA) is 69.2 Å². The van der Waals surface area contributed by atoms with Gasteiger partial charge in [-0.1, -0.05) is 12.1 Å². The van der Waals surface area contributed by atoms with Crippen molar-refractivity contribution in [3.8, 4) is 17.8 Å². The summed E-state index contributed by atoms with van der Waals surface area (Å²) in [5.74, 6) is 1.13. The second-order valence-electron chi connectivity index (χ2n) is 4.28. The van der Waals surface area contributed by atoms with E-state index in [0.29, 0.717) is 12.6 Å². The van der Waals surface area contributed by atoms with Gasteiger partial charge in [0, 0.05) is 7.05 Å². The number of anilines is 1. The summed E-state index contributed by atoms with van der Waals surface area (Å²) >= 11 is 0. The average Bonchev–Trinajstić information content (AvgIpc) is 2.43. The van der Waals surface area contributed by atoms with E-state index in [0.717, 1.165) is 16.9 Å². The maximum Gasteiger partial charge on any atom is 0.330 e. The smallest absolute Gasteiger partial charge is 0.330 e. The first-order valence-corrected chi connectivity index (χ1v) is 6.44. The lowest BCUT2D eigenvalue weighted by molar-refractivity contribution is 0.303. The molecule has 0 saturated heterocycles. The first-order valence-electron chi connectivity index (χ1n) is 6.44. The van der Waals surface area contributed by atoms with E-state index in [1.807, 2.05) is 39.0 Å². The van der Waals surface area contributed by atoms with Crippen LogP contribution in [-0.4, -0.2) is 28.6 Å². The van der Waals surface area contributed by atoms with Gasteiger partial charge in [-0.3, -0.25) is 0 Å². The van der Waals surface area contributed by atoms with Crippen LogP contribution in [0, 0.1) is 13.8 Å². The molecule has 0 amide bonds. The molecule has 1 aromatic carbocycles. The molecular formula is C14H18N4O2. The van der Waals surface area contributed by atoms with Crippen LogP contribution in [-0.2, 0) is 0 Å². The highest BCUT2D eigenvalue weighted by Crippen LogP contribution is 2.25. The molecule has 0 aliphatic heterocycles. The molecule has 1 heterocycles. The third-order valence-corrected chi connectivity index (χ3v) is 2.64. The fraction of sp³-hybridized carbons (Fsp3) is 0.357. The van der Waals surface area contributed by atoms with E-state index >= 15 is 0 Å². The molecule has 1 aromatic heterocycles. The number of nitrogens with one attached hydrogen (secondary N) is 1. The van der Waals surface area contributed by atoms with Gasteiger partial charge in [0.15, 0.2) is 0 Å². The predicted molar refractivity (Wildman–Crippen MR) is 76.5 cm³/mol. The van der Waals surface area contributed by atoms with Crippen LogP contribution in [0.2, 0.25) is 0 Å². The first kappa shape index (κ1) is 14.0. The summed E-state index contributed by atoms with van der Waals surface area (Å²) in [5, 5.41) is 2.86. The van der Waals surface area contributed by atoms with Gasteiger partial charge < -0.3 is 14.8 Å². The third-order valence-electron chi connectivity index (χ3n) is 2.64. The zero-order chi connectivity index (χ0) is 14.5. The highest BCUT2D eigenvalue weighted by molar-refractivity contribution is 5.38. The summed E-state index contributed by atoms with van der Waals surface area (Å²) in [6, 6.07) is 6.42. The minimum Gasteiger partial charge on any atom is -0.464 e. The Kier molecular flexibility index (Phi) is 4.34. The van der Waals surface area contributed by atoms with Crippen LogP contribution >= 0.6 is 0 Å². The van der Waals surface area contributed by atoms with Crippen LogP contribution in [0.25, 0.3) is 0 Å². The Morgan fingerprint density at radius 2 is 1.85 bits per heavy atom. The molecule has 1 N–H and O–H groups in total. The molecule has 0 bridgehead atoms. The van der Waals surface area contributed by atoms with Gasteiger partial charge in [0.25, 0.3) is 0 Å². The van der Waals surface area contributed by atoms with Crippen LogP contribution in [0.3, 0.4) is 0 Å². The number of rotatable bonds is 5. The number of ether oxygens (including phenoxy) is 2. The second kappa shape index (κ2) is 6.18. The fourth-order valence-corrected chi connectivity index (χ4v) is 1.60. The standard InChI is InChI=1S/C14H18N4O2/c1-5-19-13-16-12(15-4)17-14(18-13)20-11-8-9(2)6-7-10(11)3/h6-8H,5H2,1-4H3,(H,15,16,17,18). The molecule has 0 radical (unpaired) electrons. The number of aryl methyl sites for hydroxylation is 2. The third kappa shape index (κ3) is 3.34. The molecular weight excluding hydrogens is 256 g/mol. The Morgan fingerprint density at radius 1 is 1.10 bits per heavy atom. The molecule has 20 heavy (non-hydrogen) atoms. The number of hydrogen-bond donors (Lipinski definition) is 1. The minimum absolute atomic E-state index is 0.210. The zero-order valence-corrected chi connectivity index (χ0v) is 12.1. The summed E-state index contributed by atoms with van der Waals surface area (Å²) in [7, 11) is 1.73. The van der Waals surface area contributed by atoms with Gasteiger partial charge in [0.1, 0.15) is 5.75 Å². The van der Waals surface area contributed by atoms with Crippen molar-refractivity contribution in [2.45, 2.75) is 20.8 Å². The Bertz CT molecular complexity index is 602. The fourth-order valence-electron chi connectivity index (χ4n) is 1.60. The van der Waals surface area contributed by atoms with Crippen molar-refractivity contribution < 1.29 is 9.47 Å². The molecule has 0 aliphatic rings. The van der Waals surface area contributed by atoms with Crippen LogP contribution in [0.4, 0.5) is 5.95 Å². The van der Waals surface area contributed by atoms with Crippen LogP contribution < -0.4 is 14.8 Å². The first-order chi connectivity index (χ1) is 9.62. The molecule has 6 heteroatoms. The van der Waals surface area contributed by atoms with E-state index in [2.05, 4.69) is 20.3 Å². The van der Waals surface area contributed by atoms with Crippen molar-refractivity contribution >= 4 is 5.95 Å². The number of aromatic nitrogens is 3. The summed E-state index contributed by atoms with van der Waals surface area (Å²) < 4.78 is 11.0. The highest BCUT2D eigenvalue weighted by atomic mass is 16.5. The molecule has 0 fully saturated rings. The Morgan fingerprint density at radius 3 is 2.55 bits per heavy atom. The number of benzene rings is 1. The lowest BCUT2D eigenvalue weighted by Crippen LogP contribution is -2.05. The molecule has 6 nitrogen and oxygen atoms in total. The maximum atomic E-state index is 5.74. The van der Waals surface area contributed by atoms with Crippen LogP contribution in [0.5, 0.6) is 17.8 Å². The van der Waals surface area contributed by atoms with Gasteiger partial charge in [0.2, 0.25) is 5.95 Å². The summed E-state index contributed by atoms with van der Waals surface area (Å²) in [4.78, 5) is 12.4. The number of nitrogens with zero attached hydrogens (tertiary/aromatic N) is 3. The van der Waals surface area contributed by atoms with Crippen LogP contribution in [0.1, 0.15) is 18.1 Å². The maximum absolute atomic E-state index is 5.74. The van der Waals surface area contributed by atoms with Crippen LogP contribution in [0.15, 0.2) is 18.2 Å². The van der Waals surface area contributed by atoms with Crippen molar-refractivity contribution in [2.75, 3.05) is 19.0 Å². The number of hydrogen-bond acceptors (Lipinski definition) is 6. The molecule has 0 spiro atoms. The summed E-state index contributed by atoms with van der Waals surface area (Å²) in [5.41, 5.74) is 2.12. The predicted octanol–water partition coefficient (Wildman–Crippen LogP) is 2.72. The lowest BCUT2D eigenvalue weighted by Gasteiger charge is -2.10. The van der Waals surface area contributed by atoms with Crippen molar-refractivity contribution in [1.82, 2.24) is 15.0 Å². The highest BCUT2D eigenvalue weighted by Gasteiger charge is 2.10. The van der Waals surface area contributed by atoms with E-state index in [4.69, 9.17) is 9.47 Å². The van der Waals surface area contributed by atoms with E-state index in [1.54, 1.807) is 7.05 Å². The molecule has 0 unspecified atom stereocenters. The molecule has 0 aliphatic carbocycles. The molecule has 2 rings (SSSR count). The van der Waals surface area contributed by atoms with E-state index in [1.165, 1.54) is 0 Å². The SMILES string of the molecule is CCOc1nc(NC)nc(Oc2cc(C)ccc2C)n1. The van der Waals surface area contributed by atoms with Gasteiger partial charge in [0.05, 0.1) is 6.61 Å². The molecule has 2 aromatic rings. The quantitative estimate of drug-likeness (QED) is 0.904. The Hall–Kier alpha value is -2.37. The Balaban J connectivity index is 2.32. The van der Waals surface area contributed by atoms with E-state index in [-0.39, 0.29) is 12.0 Å². The second-order valence-corrected chi connectivity index (χ2v) is 4.28. The summed E-state index contributed by atoms with van der Waals surface area (Å²) in [6.07, 6.45) is 0. The van der Waals surface area contributed by atoms with Crippen molar-refractivity contribution in [3.05, 3.63) is 29.3 Å². The summed E-state index contributed by atoms with van der Waals surface area (Å²) in [6.45, 7) is 6.33. The van der Waals surface area contributed by atoms with Crippen molar-refractivity contribution in [3.63, 3.8) is 0 Å². The van der Waals surface area contributed by atoms with Gasteiger partial charge >= 0.3 is 12.0 Å². The normalized spacial score (nSPS) is 10.2. The van der Waals surface area contributed by atoms with Gasteiger partial charge in [-0.2, -0.15) is 9.97 Å². The largest absolute Gasteiger partial charge is 0.464 e. The van der Waals surface area contributed by atoms with Crippen molar-refractivity contribution in [1.29, 1.82) is 0 Å². The molecule has 0 saturated carbocycles. The average molecular weight is 274 g/mol. The lowest BCUT2D eigenvalue weighted by atomic mass is 10.1. The molecule has 0 atom stereocenters. The van der Waals surface area contributed by atoms with Crippen molar-refractivity contribution in [2.24, 2.45) is 0 Å². The Labute approximate surface area is 118 Å². The minimum atomic E-state index is 0.210. The van der Waals surface area contributed by atoms with Gasteiger partial charge in [-0.05, 0) is 38.0 Å². The molecule has 106 valence electrons. The van der Waals surface area contributed by atoms with E-state index < -0.39 is 0 Å². The zero-order valence-electron chi connectivity index (χ0n) is 12.1. The van der Waals surface area contributed by atoms with Gasteiger partial charge in [-0.25, -0.2) is 0 Å². The monoisotopic (exact) mass is 274 g/mol.